The molecule has 0 fully saturated rings. The third-order valence-electron chi connectivity index (χ3n) is 3.70. The zero-order chi connectivity index (χ0) is 18.4. The maximum atomic E-state index is 12.3. The predicted octanol–water partition coefficient (Wildman–Crippen LogP) is 3.12. The number of carbonyl (C=O) groups excluding carboxylic acids is 1. The highest BCUT2D eigenvalue weighted by atomic mass is 28.3. The van der Waals surface area contributed by atoms with Gasteiger partial charge in [0.15, 0.2) is 5.71 Å². The Morgan fingerprint density at radius 2 is 1.76 bits per heavy atom. The predicted molar refractivity (Wildman–Crippen MR) is 104 cm³/mol. The Hall–Kier alpha value is -2.60. The van der Waals surface area contributed by atoms with Gasteiger partial charge in [0.25, 0.3) is 5.91 Å². The molecule has 0 unspecified atom stereocenters. The van der Waals surface area contributed by atoms with Crippen molar-refractivity contribution in [2.75, 3.05) is 14.2 Å². The van der Waals surface area contributed by atoms with Crippen molar-refractivity contribution in [3.05, 3.63) is 54.1 Å². The van der Waals surface area contributed by atoms with Gasteiger partial charge in [0.2, 0.25) is 0 Å². The minimum absolute atomic E-state index is 0.191. The van der Waals surface area contributed by atoms with Crippen LogP contribution in [0, 0.1) is 0 Å². The fourth-order valence-corrected chi connectivity index (χ4v) is 3.47. The van der Waals surface area contributed by atoms with E-state index in [9.17, 15) is 4.79 Å². The van der Waals surface area contributed by atoms with Crippen molar-refractivity contribution >= 4 is 24.9 Å². The molecule has 132 valence electrons. The highest BCUT2D eigenvalue weighted by Crippen LogP contribution is 2.26. The van der Waals surface area contributed by atoms with Gasteiger partial charge in [-0.2, -0.15) is 0 Å². The molecule has 0 heterocycles. The van der Waals surface area contributed by atoms with Gasteiger partial charge in [0.1, 0.15) is 18.6 Å². The maximum absolute atomic E-state index is 12.3. The van der Waals surface area contributed by atoms with Gasteiger partial charge in [0.05, 0.1) is 13.6 Å². The van der Waals surface area contributed by atoms with Crippen LogP contribution >= 0.6 is 0 Å². The average molecular weight is 356 g/mol. The standard InChI is InChI=1S/C19H24N2O3Si/c1-20-19(22)18(21-23-2)16-13-15(25(3,4)5)11-12-17(16)24-14-9-7-6-8-10-14/h6-13H,1-5H3,(H,20,22)/b21-18+. The van der Waals surface area contributed by atoms with Crippen LogP contribution in [0.5, 0.6) is 11.5 Å². The van der Waals surface area contributed by atoms with Gasteiger partial charge in [-0.25, -0.2) is 0 Å². The minimum Gasteiger partial charge on any atom is -0.457 e. The van der Waals surface area contributed by atoms with Crippen molar-refractivity contribution in [1.82, 2.24) is 5.32 Å². The van der Waals surface area contributed by atoms with E-state index in [1.54, 1.807) is 7.05 Å². The van der Waals surface area contributed by atoms with Crippen LogP contribution in [0.2, 0.25) is 19.6 Å². The third kappa shape index (κ3) is 4.70. The van der Waals surface area contributed by atoms with E-state index in [0.29, 0.717) is 17.1 Å². The number of likely N-dealkylation sites (N-methyl/N-ethyl adjacent to an activating group) is 1. The normalized spacial score (nSPS) is 11.8. The Morgan fingerprint density at radius 1 is 1.08 bits per heavy atom. The largest absolute Gasteiger partial charge is 0.457 e. The van der Waals surface area contributed by atoms with Crippen molar-refractivity contribution < 1.29 is 14.4 Å². The second-order valence-corrected chi connectivity index (χ2v) is 11.7. The van der Waals surface area contributed by atoms with Crippen LogP contribution in [0.15, 0.2) is 53.7 Å². The second kappa shape index (κ2) is 7.98. The van der Waals surface area contributed by atoms with E-state index in [0.717, 1.165) is 0 Å². The van der Waals surface area contributed by atoms with Crippen LogP contribution in [-0.4, -0.2) is 33.9 Å². The van der Waals surface area contributed by atoms with E-state index in [2.05, 4.69) is 36.2 Å². The van der Waals surface area contributed by atoms with E-state index in [1.807, 2.05) is 42.5 Å². The lowest BCUT2D eigenvalue weighted by Crippen LogP contribution is -2.38. The van der Waals surface area contributed by atoms with E-state index < -0.39 is 8.07 Å². The van der Waals surface area contributed by atoms with Gasteiger partial charge in [-0.3, -0.25) is 4.79 Å². The maximum Gasteiger partial charge on any atom is 0.273 e. The molecule has 1 amide bonds. The number of ether oxygens (including phenoxy) is 1. The van der Waals surface area contributed by atoms with Gasteiger partial charge in [0, 0.05) is 7.05 Å². The molecule has 5 nitrogen and oxygen atoms in total. The van der Waals surface area contributed by atoms with Crippen molar-refractivity contribution in [1.29, 1.82) is 0 Å². The average Bonchev–Trinajstić information content (AvgIpc) is 2.59. The van der Waals surface area contributed by atoms with E-state index >= 15 is 0 Å². The Balaban J connectivity index is 2.58. The van der Waals surface area contributed by atoms with Gasteiger partial charge in [-0.1, -0.05) is 54.2 Å². The summed E-state index contributed by atoms with van der Waals surface area (Å²) in [4.78, 5) is 17.2. The summed E-state index contributed by atoms with van der Waals surface area (Å²) in [7, 11) is 1.41. The van der Waals surface area contributed by atoms with E-state index in [1.165, 1.54) is 12.3 Å². The zero-order valence-corrected chi connectivity index (χ0v) is 16.3. The molecule has 0 bridgehead atoms. The van der Waals surface area contributed by atoms with Crippen molar-refractivity contribution in [2.45, 2.75) is 19.6 Å². The smallest absolute Gasteiger partial charge is 0.273 e. The number of nitrogens with one attached hydrogen (secondary N) is 1. The summed E-state index contributed by atoms with van der Waals surface area (Å²) in [6.07, 6.45) is 0. The van der Waals surface area contributed by atoms with Gasteiger partial charge in [-0.05, 0) is 24.3 Å². The highest BCUT2D eigenvalue weighted by Gasteiger charge is 2.23. The number of para-hydroxylation sites is 1. The minimum atomic E-state index is -1.58. The first-order valence-corrected chi connectivity index (χ1v) is 11.6. The summed E-state index contributed by atoms with van der Waals surface area (Å²) in [5.41, 5.74) is 0.806. The number of oxime groups is 1. The Morgan fingerprint density at radius 3 is 2.32 bits per heavy atom. The van der Waals surface area contributed by atoms with Crippen molar-refractivity contribution in [3.63, 3.8) is 0 Å². The Bertz CT molecular complexity index is 768. The molecular formula is C19H24N2O3Si. The van der Waals surface area contributed by atoms with Crippen LogP contribution in [0.1, 0.15) is 5.56 Å². The monoisotopic (exact) mass is 356 g/mol. The molecule has 0 aliphatic heterocycles. The van der Waals surface area contributed by atoms with Crippen molar-refractivity contribution in [2.24, 2.45) is 5.16 Å². The van der Waals surface area contributed by atoms with Gasteiger partial charge >= 0.3 is 0 Å². The summed E-state index contributed by atoms with van der Waals surface area (Å²) in [6, 6.07) is 15.4. The molecule has 6 heteroatoms. The van der Waals surface area contributed by atoms with E-state index in [-0.39, 0.29) is 11.6 Å². The molecule has 0 atom stereocenters. The lowest BCUT2D eigenvalue weighted by Gasteiger charge is -2.20. The molecule has 0 spiro atoms. The molecule has 2 rings (SSSR count). The number of hydrogen-bond donors (Lipinski definition) is 1. The molecule has 25 heavy (non-hydrogen) atoms. The number of amides is 1. The second-order valence-electron chi connectivity index (χ2n) is 6.58. The topological polar surface area (TPSA) is 59.9 Å². The summed E-state index contributed by atoms with van der Waals surface area (Å²) in [5.74, 6) is 0.929. The number of benzene rings is 2. The van der Waals surface area contributed by atoms with Crippen molar-refractivity contribution in [3.8, 4) is 11.5 Å². The summed E-state index contributed by atoms with van der Waals surface area (Å²) in [6.45, 7) is 6.74. The summed E-state index contributed by atoms with van der Waals surface area (Å²) in [5, 5.41) is 7.74. The van der Waals surface area contributed by atoms with Crippen LogP contribution < -0.4 is 15.2 Å². The molecule has 0 aliphatic rings. The molecule has 0 saturated carbocycles. The molecular weight excluding hydrogens is 332 g/mol. The zero-order valence-electron chi connectivity index (χ0n) is 15.3. The van der Waals surface area contributed by atoms with Crippen LogP contribution in [0.4, 0.5) is 0 Å². The molecule has 1 N–H and O–H groups in total. The Kier molecular flexibility index (Phi) is 5.98. The van der Waals surface area contributed by atoms with E-state index in [4.69, 9.17) is 9.57 Å². The molecule has 0 aromatic heterocycles. The first-order chi connectivity index (χ1) is 11.9. The molecule has 2 aromatic carbocycles. The summed E-state index contributed by atoms with van der Waals surface area (Å²) >= 11 is 0. The molecule has 0 aliphatic carbocycles. The fourth-order valence-electron chi connectivity index (χ4n) is 2.31. The molecule has 0 saturated heterocycles. The number of hydrogen-bond acceptors (Lipinski definition) is 4. The number of rotatable bonds is 6. The van der Waals surface area contributed by atoms with Crippen LogP contribution in [0.3, 0.4) is 0 Å². The lowest BCUT2D eigenvalue weighted by atomic mass is 10.1. The first kappa shape index (κ1) is 18.7. The Labute approximate surface area is 149 Å². The van der Waals surface area contributed by atoms with Crippen LogP contribution in [0.25, 0.3) is 0 Å². The molecule has 0 radical (unpaired) electrons. The van der Waals surface area contributed by atoms with Gasteiger partial charge in [-0.15, -0.1) is 0 Å². The quantitative estimate of drug-likeness (QED) is 0.491. The number of nitrogens with zero attached hydrogens (tertiary/aromatic N) is 1. The third-order valence-corrected chi connectivity index (χ3v) is 5.74. The van der Waals surface area contributed by atoms with Crippen LogP contribution in [-0.2, 0) is 9.63 Å². The number of carbonyl (C=O) groups is 1. The first-order valence-electron chi connectivity index (χ1n) is 8.08. The lowest BCUT2D eigenvalue weighted by molar-refractivity contribution is -0.114. The SMILES string of the molecule is CNC(=O)/C(=N/OC)c1cc([Si](C)(C)C)ccc1Oc1ccccc1. The van der Waals surface area contributed by atoms with Gasteiger partial charge < -0.3 is 14.9 Å². The molecule has 2 aromatic rings. The highest BCUT2D eigenvalue weighted by molar-refractivity contribution is 6.88. The summed E-state index contributed by atoms with van der Waals surface area (Å²) < 4.78 is 6.00. The fraction of sp³-hybridized carbons (Fsp3) is 0.263.